The average molecular weight is 308 g/mol. The second-order valence-corrected chi connectivity index (χ2v) is 6.58. The average Bonchev–Trinajstić information content (AvgIpc) is 2.52. The van der Waals surface area contributed by atoms with Crippen molar-refractivity contribution in [1.29, 1.82) is 0 Å². The van der Waals surface area contributed by atoms with Crippen LogP contribution in [0.4, 0.5) is 0 Å². The molecule has 2 unspecified atom stereocenters. The van der Waals surface area contributed by atoms with Crippen molar-refractivity contribution >= 4 is 39.1 Å². The van der Waals surface area contributed by atoms with Gasteiger partial charge in [-0.05, 0) is 36.3 Å². The van der Waals surface area contributed by atoms with Crippen LogP contribution in [0.5, 0.6) is 0 Å². The first kappa shape index (κ1) is 11.8. The second kappa shape index (κ2) is 4.27. The molecule has 0 aromatic heterocycles. The van der Waals surface area contributed by atoms with E-state index in [1.807, 2.05) is 12.1 Å². The zero-order valence-electron chi connectivity index (χ0n) is 8.56. The van der Waals surface area contributed by atoms with Crippen LogP contribution in [-0.4, -0.2) is 4.83 Å². The summed E-state index contributed by atoms with van der Waals surface area (Å²) in [5.74, 6) is 0. The van der Waals surface area contributed by atoms with Gasteiger partial charge in [-0.3, -0.25) is 0 Å². The molecule has 0 saturated heterocycles. The molecule has 0 nitrogen and oxygen atoms in total. The summed E-state index contributed by atoms with van der Waals surface area (Å²) in [7, 11) is 0. The fourth-order valence-corrected chi connectivity index (χ4v) is 3.85. The van der Waals surface area contributed by atoms with Crippen LogP contribution in [0.15, 0.2) is 18.2 Å². The van der Waals surface area contributed by atoms with E-state index < -0.39 is 0 Å². The van der Waals surface area contributed by atoms with Gasteiger partial charge < -0.3 is 0 Å². The second-order valence-electron chi connectivity index (χ2n) is 4.50. The largest absolute Gasteiger partial charge is 0.0890 e. The van der Waals surface area contributed by atoms with Gasteiger partial charge in [0.15, 0.2) is 0 Å². The molecule has 15 heavy (non-hydrogen) atoms. The van der Waals surface area contributed by atoms with E-state index in [0.29, 0.717) is 9.85 Å². The molecule has 0 N–H and O–H groups in total. The molecule has 0 bridgehead atoms. The van der Waals surface area contributed by atoms with Crippen LogP contribution < -0.4 is 0 Å². The summed E-state index contributed by atoms with van der Waals surface area (Å²) in [4.78, 5) is 0.609. The lowest BCUT2D eigenvalue weighted by molar-refractivity contribution is 0.493. The van der Waals surface area contributed by atoms with Gasteiger partial charge in [0.25, 0.3) is 0 Å². The molecule has 1 aromatic rings. The predicted molar refractivity (Wildman–Crippen MR) is 70.4 cm³/mol. The third kappa shape index (κ3) is 2.20. The monoisotopic (exact) mass is 306 g/mol. The summed E-state index contributed by atoms with van der Waals surface area (Å²) in [5.41, 5.74) is 1.37. The van der Waals surface area contributed by atoms with Gasteiger partial charge in [-0.1, -0.05) is 58.2 Å². The van der Waals surface area contributed by atoms with Crippen molar-refractivity contribution in [3.05, 3.63) is 33.8 Å². The Morgan fingerprint density at radius 2 is 2.13 bits per heavy atom. The van der Waals surface area contributed by atoms with Gasteiger partial charge in [-0.25, -0.2) is 0 Å². The number of benzene rings is 1. The van der Waals surface area contributed by atoms with Crippen LogP contribution in [0.1, 0.15) is 31.7 Å². The molecule has 1 fully saturated rings. The minimum absolute atomic E-state index is 0.177. The fraction of sp³-hybridized carbons (Fsp3) is 0.500. The lowest BCUT2D eigenvalue weighted by atomic mass is 9.81. The van der Waals surface area contributed by atoms with Crippen molar-refractivity contribution < 1.29 is 0 Å². The van der Waals surface area contributed by atoms with Gasteiger partial charge in [-0.15, -0.1) is 0 Å². The maximum absolute atomic E-state index is 6.26. The Morgan fingerprint density at radius 3 is 2.73 bits per heavy atom. The minimum atomic E-state index is 0.177. The lowest BCUT2D eigenvalue weighted by Gasteiger charge is -2.25. The molecule has 2 atom stereocenters. The number of rotatable bonds is 1. The topological polar surface area (TPSA) is 0 Å². The van der Waals surface area contributed by atoms with Crippen molar-refractivity contribution in [2.45, 2.75) is 36.4 Å². The summed E-state index contributed by atoms with van der Waals surface area (Å²) in [6.45, 7) is 2.27. The first-order valence-corrected chi connectivity index (χ1v) is 6.79. The molecule has 0 heterocycles. The van der Waals surface area contributed by atoms with Crippen LogP contribution in [0.25, 0.3) is 0 Å². The first-order valence-electron chi connectivity index (χ1n) is 5.11. The van der Waals surface area contributed by atoms with Crippen LogP contribution in [0.3, 0.4) is 0 Å². The highest BCUT2D eigenvalue weighted by Gasteiger charge is 2.36. The van der Waals surface area contributed by atoms with Crippen LogP contribution in [0, 0.1) is 0 Å². The van der Waals surface area contributed by atoms with E-state index >= 15 is 0 Å². The van der Waals surface area contributed by atoms with E-state index in [1.54, 1.807) is 0 Å². The Balaban J connectivity index is 2.41. The zero-order valence-corrected chi connectivity index (χ0v) is 11.7. The van der Waals surface area contributed by atoms with Crippen molar-refractivity contribution in [3.8, 4) is 0 Å². The molecule has 1 aromatic carbocycles. The van der Waals surface area contributed by atoms with E-state index in [2.05, 4.69) is 28.9 Å². The van der Waals surface area contributed by atoms with Gasteiger partial charge >= 0.3 is 0 Å². The Morgan fingerprint density at radius 1 is 1.40 bits per heavy atom. The molecule has 0 aliphatic heterocycles. The van der Waals surface area contributed by atoms with Gasteiger partial charge in [0, 0.05) is 4.83 Å². The number of hydrogen-bond acceptors (Lipinski definition) is 0. The van der Waals surface area contributed by atoms with E-state index in [1.165, 1.54) is 18.4 Å². The highest BCUT2D eigenvalue weighted by molar-refractivity contribution is 9.09. The van der Waals surface area contributed by atoms with E-state index in [4.69, 9.17) is 23.2 Å². The number of hydrogen-bond donors (Lipinski definition) is 0. The van der Waals surface area contributed by atoms with E-state index in [9.17, 15) is 0 Å². The fourth-order valence-electron chi connectivity index (χ4n) is 2.38. The molecule has 1 aliphatic carbocycles. The maximum atomic E-state index is 6.26. The molecule has 82 valence electrons. The minimum Gasteiger partial charge on any atom is -0.0890 e. The van der Waals surface area contributed by atoms with Crippen molar-refractivity contribution in [1.82, 2.24) is 0 Å². The van der Waals surface area contributed by atoms with Crippen molar-refractivity contribution in [2.24, 2.45) is 0 Å². The molecule has 2 rings (SSSR count). The highest BCUT2D eigenvalue weighted by atomic mass is 79.9. The third-order valence-corrected chi connectivity index (χ3v) is 4.88. The Hall–Kier alpha value is 0.280. The summed E-state index contributed by atoms with van der Waals surface area (Å²) in [6.07, 6.45) is 3.51. The molecule has 3 heteroatoms. The van der Waals surface area contributed by atoms with E-state index in [0.717, 1.165) is 11.4 Å². The van der Waals surface area contributed by atoms with Crippen LogP contribution in [-0.2, 0) is 5.41 Å². The van der Waals surface area contributed by atoms with Crippen molar-refractivity contribution in [2.75, 3.05) is 0 Å². The Labute approximate surface area is 109 Å². The molecule has 1 saturated carbocycles. The van der Waals surface area contributed by atoms with E-state index in [-0.39, 0.29) is 5.41 Å². The molecule has 0 radical (unpaired) electrons. The standard InChI is InChI=1S/C12H13BrCl2/c1-12(6-5-8(13)7-12)9-3-2-4-10(14)11(9)15/h2-4,8H,5-7H2,1H3. The predicted octanol–water partition coefficient (Wildman–Crippen LogP) is 5.20. The van der Waals surface area contributed by atoms with Crippen molar-refractivity contribution in [3.63, 3.8) is 0 Å². The van der Waals surface area contributed by atoms with Gasteiger partial charge in [-0.2, -0.15) is 0 Å². The summed E-state index contributed by atoms with van der Waals surface area (Å²) < 4.78 is 0. The smallest absolute Gasteiger partial charge is 0.0629 e. The molecular weight excluding hydrogens is 295 g/mol. The number of halogens is 3. The SMILES string of the molecule is CC1(c2cccc(Cl)c2Cl)CCC(Br)C1. The molecule has 0 spiro atoms. The zero-order chi connectivity index (χ0) is 11.1. The highest BCUT2D eigenvalue weighted by Crippen LogP contribution is 2.46. The Kier molecular flexibility index (Phi) is 3.35. The maximum Gasteiger partial charge on any atom is 0.0629 e. The normalized spacial score (nSPS) is 30.8. The molecule has 0 amide bonds. The third-order valence-electron chi connectivity index (χ3n) is 3.28. The van der Waals surface area contributed by atoms with Gasteiger partial charge in [0.05, 0.1) is 10.0 Å². The quantitative estimate of drug-likeness (QED) is 0.626. The Bertz CT molecular complexity index is 378. The summed E-state index contributed by atoms with van der Waals surface area (Å²) >= 11 is 16.0. The van der Waals surface area contributed by atoms with Crippen LogP contribution in [0.2, 0.25) is 10.0 Å². The molecule has 1 aliphatic rings. The number of alkyl halides is 1. The van der Waals surface area contributed by atoms with Crippen LogP contribution >= 0.6 is 39.1 Å². The first-order chi connectivity index (χ1) is 7.03. The summed E-state index contributed by atoms with van der Waals surface area (Å²) in [6, 6.07) is 5.92. The lowest BCUT2D eigenvalue weighted by Crippen LogP contribution is -2.18. The molecular formula is C12H13BrCl2. The van der Waals surface area contributed by atoms with Gasteiger partial charge in [0.1, 0.15) is 0 Å². The van der Waals surface area contributed by atoms with Gasteiger partial charge in [0.2, 0.25) is 0 Å². The summed E-state index contributed by atoms with van der Waals surface area (Å²) in [5, 5.41) is 1.39.